The molecule has 0 bridgehead atoms. The molecule has 20 heavy (non-hydrogen) atoms. The largest absolute Gasteiger partial charge is 0.467 e. The summed E-state index contributed by atoms with van der Waals surface area (Å²) >= 11 is 0. The van der Waals surface area contributed by atoms with Crippen LogP contribution in [0.15, 0.2) is 29.2 Å². The molecule has 0 saturated carbocycles. The Morgan fingerprint density at radius 2 is 2.10 bits per heavy atom. The molecule has 0 aliphatic carbocycles. The van der Waals surface area contributed by atoms with E-state index in [1.165, 1.54) is 11.4 Å². The number of carbonyl (C=O) groups is 1. The SMILES string of the molecule is COC(=O)C1CN(S(=O)(=O)c2ccccc2C)CCO1. The lowest BCUT2D eigenvalue weighted by Gasteiger charge is -2.31. The fourth-order valence-corrected chi connectivity index (χ4v) is 3.75. The normalized spacial score (nSPS) is 20.6. The Labute approximate surface area is 118 Å². The van der Waals surface area contributed by atoms with Gasteiger partial charge >= 0.3 is 5.97 Å². The van der Waals surface area contributed by atoms with Gasteiger partial charge in [-0.25, -0.2) is 13.2 Å². The Bertz CT molecular complexity index is 599. The van der Waals surface area contributed by atoms with E-state index in [9.17, 15) is 13.2 Å². The Kier molecular flexibility index (Phi) is 4.42. The molecular formula is C13H17NO5S. The van der Waals surface area contributed by atoms with Gasteiger partial charge in [0.2, 0.25) is 10.0 Å². The highest BCUT2D eigenvalue weighted by Crippen LogP contribution is 2.21. The summed E-state index contributed by atoms with van der Waals surface area (Å²) in [5.41, 5.74) is 0.675. The quantitative estimate of drug-likeness (QED) is 0.762. The van der Waals surface area contributed by atoms with Crippen molar-refractivity contribution in [1.82, 2.24) is 4.31 Å². The maximum atomic E-state index is 12.6. The van der Waals surface area contributed by atoms with E-state index < -0.39 is 22.1 Å². The van der Waals surface area contributed by atoms with E-state index in [4.69, 9.17) is 4.74 Å². The summed E-state index contributed by atoms with van der Waals surface area (Å²) in [4.78, 5) is 11.7. The molecule has 1 unspecified atom stereocenters. The first-order valence-corrected chi connectivity index (χ1v) is 7.66. The Balaban J connectivity index is 2.26. The number of nitrogens with zero attached hydrogens (tertiary/aromatic N) is 1. The molecular weight excluding hydrogens is 282 g/mol. The van der Waals surface area contributed by atoms with E-state index in [0.717, 1.165) is 0 Å². The lowest BCUT2D eigenvalue weighted by Crippen LogP contribution is -2.48. The molecule has 1 aliphatic rings. The number of hydrogen-bond acceptors (Lipinski definition) is 5. The standard InChI is InChI=1S/C13H17NO5S/c1-10-5-3-4-6-12(10)20(16,17)14-7-8-19-11(9-14)13(15)18-2/h3-6,11H,7-9H2,1-2H3. The number of esters is 1. The van der Waals surface area contributed by atoms with Crippen LogP contribution < -0.4 is 0 Å². The summed E-state index contributed by atoms with van der Waals surface area (Å²) in [6.07, 6.45) is -0.868. The van der Waals surface area contributed by atoms with E-state index in [-0.39, 0.29) is 24.6 Å². The van der Waals surface area contributed by atoms with Gasteiger partial charge in [0, 0.05) is 6.54 Å². The summed E-state index contributed by atoms with van der Waals surface area (Å²) in [6.45, 7) is 2.11. The number of ether oxygens (including phenoxy) is 2. The molecule has 0 amide bonds. The van der Waals surface area contributed by atoms with Gasteiger partial charge in [-0.1, -0.05) is 18.2 Å². The van der Waals surface area contributed by atoms with Crippen molar-refractivity contribution in [3.63, 3.8) is 0 Å². The van der Waals surface area contributed by atoms with Crippen LogP contribution in [0.4, 0.5) is 0 Å². The third-order valence-corrected chi connectivity index (χ3v) is 5.23. The van der Waals surface area contributed by atoms with E-state index in [0.29, 0.717) is 5.56 Å². The lowest BCUT2D eigenvalue weighted by atomic mass is 10.2. The van der Waals surface area contributed by atoms with Gasteiger partial charge in [-0.2, -0.15) is 4.31 Å². The first-order chi connectivity index (χ1) is 9.46. The molecule has 1 atom stereocenters. The molecule has 1 saturated heterocycles. The van der Waals surface area contributed by atoms with Gasteiger partial charge < -0.3 is 9.47 Å². The van der Waals surface area contributed by atoms with Gasteiger partial charge in [0.25, 0.3) is 0 Å². The highest BCUT2D eigenvalue weighted by molar-refractivity contribution is 7.89. The predicted octanol–water partition coefficient (Wildman–Crippen LogP) is 0.558. The van der Waals surface area contributed by atoms with Crippen LogP contribution in [0.25, 0.3) is 0 Å². The maximum absolute atomic E-state index is 12.6. The first-order valence-electron chi connectivity index (χ1n) is 6.22. The number of sulfonamides is 1. The molecule has 0 aromatic heterocycles. The number of aryl methyl sites for hydroxylation is 1. The first kappa shape index (κ1) is 15.0. The fraction of sp³-hybridized carbons (Fsp3) is 0.462. The molecule has 1 fully saturated rings. The topological polar surface area (TPSA) is 72.9 Å². The number of morpholine rings is 1. The summed E-state index contributed by atoms with van der Waals surface area (Å²) < 4.78 is 36.3. The Hall–Kier alpha value is -1.44. The van der Waals surface area contributed by atoms with E-state index >= 15 is 0 Å². The number of benzene rings is 1. The van der Waals surface area contributed by atoms with Crippen molar-refractivity contribution < 1.29 is 22.7 Å². The van der Waals surface area contributed by atoms with E-state index in [1.807, 2.05) is 0 Å². The zero-order valence-corrected chi connectivity index (χ0v) is 12.2. The van der Waals surface area contributed by atoms with Gasteiger partial charge in [0.15, 0.2) is 6.10 Å². The van der Waals surface area contributed by atoms with Crippen molar-refractivity contribution >= 4 is 16.0 Å². The molecule has 1 aromatic rings. The Morgan fingerprint density at radius 3 is 2.75 bits per heavy atom. The highest BCUT2D eigenvalue weighted by Gasteiger charge is 2.35. The molecule has 0 spiro atoms. The van der Waals surface area contributed by atoms with Crippen LogP contribution in [0.1, 0.15) is 5.56 Å². The summed E-state index contributed by atoms with van der Waals surface area (Å²) in [7, 11) is -2.37. The van der Waals surface area contributed by atoms with Crippen LogP contribution >= 0.6 is 0 Å². The third kappa shape index (κ3) is 2.84. The van der Waals surface area contributed by atoms with E-state index in [1.54, 1.807) is 31.2 Å². The maximum Gasteiger partial charge on any atom is 0.336 e. The number of methoxy groups -OCH3 is 1. The second-order valence-electron chi connectivity index (χ2n) is 4.51. The third-order valence-electron chi connectivity index (χ3n) is 3.20. The van der Waals surface area contributed by atoms with E-state index in [2.05, 4.69) is 4.74 Å². The van der Waals surface area contributed by atoms with Gasteiger partial charge in [-0.15, -0.1) is 0 Å². The molecule has 0 radical (unpaired) electrons. The molecule has 7 heteroatoms. The molecule has 6 nitrogen and oxygen atoms in total. The number of hydrogen-bond donors (Lipinski definition) is 0. The minimum atomic E-state index is -3.62. The molecule has 1 aliphatic heterocycles. The molecule has 2 rings (SSSR count). The molecule has 0 N–H and O–H groups in total. The van der Waals surface area contributed by atoms with Crippen molar-refractivity contribution in [1.29, 1.82) is 0 Å². The number of carbonyl (C=O) groups excluding carboxylic acids is 1. The van der Waals surface area contributed by atoms with Crippen LogP contribution in [0.2, 0.25) is 0 Å². The fourth-order valence-electron chi connectivity index (χ4n) is 2.10. The smallest absolute Gasteiger partial charge is 0.336 e. The van der Waals surface area contributed by atoms with Crippen LogP contribution in [0.5, 0.6) is 0 Å². The lowest BCUT2D eigenvalue weighted by molar-refractivity contribution is -0.157. The molecule has 110 valence electrons. The highest BCUT2D eigenvalue weighted by atomic mass is 32.2. The predicted molar refractivity (Wildman–Crippen MR) is 71.7 cm³/mol. The van der Waals surface area contributed by atoms with Gasteiger partial charge in [0.1, 0.15) is 0 Å². The van der Waals surface area contributed by atoms with Crippen molar-refractivity contribution in [2.45, 2.75) is 17.9 Å². The van der Waals surface area contributed by atoms with Crippen LogP contribution in [-0.4, -0.2) is 51.6 Å². The van der Waals surface area contributed by atoms with Crippen LogP contribution in [-0.2, 0) is 24.3 Å². The van der Waals surface area contributed by atoms with Crippen molar-refractivity contribution in [3.8, 4) is 0 Å². The number of rotatable bonds is 3. The molecule has 1 heterocycles. The second kappa shape index (κ2) is 5.90. The average Bonchev–Trinajstić information content (AvgIpc) is 2.47. The monoisotopic (exact) mass is 299 g/mol. The summed E-state index contributed by atoms with van der Waals surface area (Å²) in [5, 5.41) is 0. The van der Waals surface area contributed by atoms with Gasteiger partial charge in [-0.05, 0) is 18.6 Å². The van der Waals surface area contributed by atoms with Crippen LogP contribution in [0.3, 0.4) is 0 Å². The zero-order valence-electron chi connectivity index (χ0n) is 11.4. The minimum Gasteiger partial charge on any atom is -0.467 e. The molecule has 1 aromatic carbocycles. The summed E-state index contributed by atoms with van der Waals surface area (Å²) in [6, 6.07) is 6.77. The Morgan fingerprint density at radius 1 is 1.40 bits per heavy atom. The summed E-state index contributed by atoms with van der Waals surface area (Å²) in [5.74, 6) is -0.560. The van der Waals surface area contributed by atoms with Crippen molar-refractivity contribution in [3.05, 3.63) is 29.8 Å². The minimum absolute atomic E-state index is 0.0245. The van der Waals surface area contributed by atoms with Crippen molar-refractivity contribution in [2.75, 3.05) is 26.8 Å². The van der Waals surface area contributed by atoms with Crippen LogP contribution in [0, 0.1) is 6.92 Å². The zero-order chi connectivity index (χ0) is 14.8. The van der Waals surface area contributed by atoms with Gasteiger partial charge in [0.05, 0.1) is 25.2 Å². The average molecular weight is 299 g/mol. The van der Waals surface area contributed by atoms with Crippen molar-refractivity contribution in [2.24, 2.45) is 0 Å². The van der Waals surface area contributed by atoms with Gasteiger partial charge in [-0.3, -0.25) is 0 Å². The second-order valence-corrected chi connectivity index (χ2v) is 6.42.